The fourth-order valence-electron chi connectivity index (χ4n) is 1.68. The Morgan fingerprint density at radius 3 is 3.00 bits per heavy atom. The number of nitrogens with zero attached hydrogens (tertiary/aromatic N) is 3. The molecule has 104 valence electrons. The molecule has 2 heterocycles. The van der Waals surface area contributed by atoms with Gasteiger partial charge < -0.3 is 19.8 Å². The lowest BCUT2D eigenvalue weighted by atomic mass is 10.3. The molecule has 0 aliphatic rings. The second kappa shape index (κ2) is 7.65. The van der Waals surface area contributed by atoms with Crippen LogP contribution in [0.3, 0.4) is 0 Å². The van der Waals surface area contributed by atoms with Gasteiger partial charge in [-0.2, -0.15) is 0 Å². The minimum Gasteiger partial charge on any atom is -0.382 e. The Morgan fingerprint density at radius 2 is 2.11 bits per heavy atom. The number of hydrogen-bond acceptors (Lipinski definition) is 6. The monoisotopic (exact) mass is 265 g/mol. The van der Waals surface area contributed by atoms with Gasteiger partial charge in [0.1, 0.15) is 11.8 Å². The molecular weight excluding hydrogens is 246 g/mol. The summed E-state index contributed by atoms with van der Waals surface area (Å²) in [5.74, 6) is 0.794. The largest absolute Gasteiger partial charge is 0.382 e. The van der Waals surface area contributed by atoms with Crippen molar-refractivity contribution in [3.05, 3.63) is 12.7 Å². The number of rotatable bonds is 9. The van der Waals surface area contributed by atoms with Gasteiger partial charge in [-0.05, 0) is 12.8 Å². The maximum Gasteiger partial charge on any atom is 0.182 e. The molecule has 2 aromatic rings. The second-order valence-corrected chi connectivity index (χ2v) is 4.06. The third-order valence-electron chi connectivity index (χ3n) is 2.66. The molecule has 0 aromatic carbocycles. The minimum absolute atomic E-state index is 0.650. The summed E-state index contributed by atoms with van der Waals surface area (Å²) in [6.45, 7) is 2.91. The van der Waals surface area contributed by atoms with Crippen molar-refractivity contribution < 1.29 is 9.47 Å². The number of aromatic amines is 1. The molecule has 0 saturated heterocycles. The predicted molar refractivity (Wildman–Crippen MR) is 72.1 cm³/mol. The van der Waals surface area contributed by atoms with E-state index in [0.29, 0.717) is 18.9 Å². The molecule has 0 bridgehead atoms. The van der Waals surface area contributed by atoms with Crippen molar-refractivity contribution >= 4 is 17.0 Å². The number of fused-ring (bicyclic) bond motifs is 1. The van der Waals surface area contributed by atoms with E-state index in [1.807, 2.05) is 0 Å². The summed E-state index contributed by atoms with van der Waals surface area (Å²) < 4.78 is 10.3. The topological polar surface area (TPSA) is 84.9 Å². The summed E-state index contributed by atoms with van der Waals surface area (Å²) in [6, 6.07) is 0. The molecule has 0 fully saturated rings. The number of methoxy groups -OCH3 is 1. The Morgan fingerprint density at radius 1 is 1.16 bits per heavy atom. The van der Waals surface area contributed by atoms with Gasteiger partial charge in [0.05, 0.1) is 19.5 Å². The van der Waals surface area contributed by atoms with Crippen molar-refractivity contribution in [2.75, 3.05) is 38.8 Å². The van der Waals surface area contributed by atoms with Crippen LogP contribution in [0.25, 0.3) is 11.2 Å². The van der Waals surface area contributed by atoms with E-state index in [-0.39, 0.29) is 0 Å². The van der Waals surface area contributed by atoms with Gasteiger partial charge in [-0.15, -0.1) is 0 Å². The van der Waals surface area contributed by atoms with Gasteiger partial charge in [-0.3, -0.25) is 0 Å². The zero-order chi connectivity index (χ0) is 13.3. The van der Waals surface area contributed by atoms with Crippen molar-refractivity contribution in [2.45, 2.75) is 12.8 Å². The van der Waals surface area contributed by atoms with Crippen LogP contribution in [0.5, 0.6) is 0 Å². The third-order valence-corrected chi connectivity index (χ3v) is 2.66. The molecule has 0 amide bonds. The Kier molecular flexibility index (Phi) is 5.51. The number of H-pyrrole nitrogens is 1. The number of nitrogens with one attached hydrogen (secondary N) is 2. The number of hydrogen-bond donors (Lipinski definition) is 2. The van der Waals surface area contributed by atoms with Gasteiger partial charge in [0.2, 0.25) is 0 Å². The van der Waals surface area contributed by atoms with E-state index in [4.69, 9.17) is 9.47 Å². The van der Waals surface area contributed by atoms with E-state index < -0.39 is 0 Å². The van der Waals surface area contributed by atoms with E-state index in [2.05, 4.69) is 25.3 Å². The number of anilines is 1. The summed E-state index contributed by atoms with van der Waals surface area (Å²) >= 11 is 0. The first kappa shape index (κ1) is 13.7. The molecular formula is C12H19N5O2. The average Bonchev–Trinajstić information content (AvgIpc) is 2.91. The van der Waals surface area contributed by atoms with Gasteiger partial charge >= 0.3 is 0 Å². The number of aromatic nitrogens is 4. The smallest absolute Gasteiger partial charge is 0.182 e. The highest BCUT2D eigenvalue weighted by molar-refractivity contribution is 5.81. The van der Waals surface area contributed by atoms with E-state index in [9.17, 15) is 0 Å². The van der Waals surface area contributed by atoms with E-state index in [1.165, 1.54) is 6.33 Å². The molecule has 0 radical (unpaired) electrons. The molecule has 2 aromatic heterocycles. The highest BCUT2D eigenvalue weighted by Crippen LogP contribution is 2.14. The van der Waals surface area contributed by atoms with E-state index in [1.54, 1.807) is 13.4 Å². The Balaban J connectivity index is 1.64. The molecule has 0 saturated carbocycles. The molecule has 2 N–H and O–H groups in total. The third kappa shape index (κ3) is 4.15. The Labute approximate surface area is 111 Å². The van der Waals surface area contributed by atoms with Crippen molar-refractivity contribution in [1.29, 1.82) is 0 Å². The van der Waals surface area contributed by atoms with Crippen LogP contribution in [0, 0.1) is 0 Å². The van der Waals surface area contributed by atoms with E-state index >= 15 is 0 Å². The normalized spacial score (nSPS) is 11.0. The lowest BCUT2D eigenvalue weighted by molar-refractivity contribution is 0.0691. The van der Waals surface area contributed by atoms with Gasteiger partial charge in [-0.1, -0.05) is 0 Å². The van der Waals surface area contributed by atoms with Gasteiger partial charge in [-0.25, -0.2) is 15.0 Å². The summed E-state index contributed by atoms with van der Waals surface area (Å²) in [5.41, 5.74) is 1.53. The number of unbranched alkanes of at least 4 members (excludes halogenated alkanes) is 1. The maximum atomic E-state index is 5.39. The first-order chi connectivity index (χ1) is 9.42. The number of imidazole rings is 1. The van der Waals surface area contributed by atoms with Crippen LogP contribution in [-0.2, 0) is 9.47 Å². The second-order valence-electron chi connectivity index (χ2n) is 4.06. The zero-order valence-electron chi connectivity index (χ0n) is 11.1. The van der Waals surface area contributed by atoms with Crippen molar-refractivity contribution in [3.8, 4) is 0 Å². The van der Waals surface area contributed by atoms with Crippen LogP contribution >= 0.6 is 0 Å². The van der Waals surface area contributed by atoms with Crippen LogP contribution < -0.4 is 5.32 Å². The molecule has 0 spiro atoms. The van der Waals surface area contributed by atoms with E-state index in [0.717, 1.165) is 37.3 Å². The minimum atomic E-state index is 0.650. The average molecular weight is 265 g/mol. The van der Waals surface area contributed by atoms with Gasteiger partial charge in [0.15, 0.2) is 11.5 Å². The van der Waals surface area contributed by atoms with Crippen LogP contribution in [0.1, 0.15) is 12.8 Å². The molecule has 0 unspecified atom stereocenters. The van der Waals surface area contributed by atoms with Crippen molar-refractivity contribution in [1.82, 2.24) is 19.9 Å². The zero-order valence-corrected chi connectivity index (χ0v) is 11.1. The molecule has 0 aliphatic carbocycles. The van der Waals surface area contributed by atoms with Crippen LogP contribution in [0.15, 0.2) is 12.7 Å². The maximum absolute atomic E-state index is 5.39. The summed E-state index contributed by atoms with van der Waals surface area (Å²) in [5, 5.41) is 3.27. The van der Waals surface area contributed by atoms with Crippen LogP contribution in [-0.4, -0.2) is 53.4 Å². The molecule has 0 aliphatic heterocycles. The summed E-state index contributed by atoms with van der Waals surface area (Å²) in [4.78, 5) is 15.4. The molecule has 0 atom stereocenters. The van der Waals surface area contributed by atoms with Gasteiger partial charge in [0.25, 0.3) is 0 Å². The van der Waals surface area contributed by atoms with Gasteiger partial charge in [0, 0.05) is 20.3 Å². The van der Waals surface area contributed by atoms with Crippen LogP contribution in [0.2, 0.25) is 0 Å². The standard InChI is InChI=1S/C12H19N5O2/c1-18-6-7-19-5-3-2-4-13-11-10-12(15-8-14-10)17-9-16-11/h8-9H,2-7H2,1H3,(H2,13,14,15,16,17). The Hall–Kier alpha value is -1.73. The fraction of sp³-hybridized carbons (Fsp3) is 0.583. The van der Waals surface area contributed by atoms with Crippen molar-refractivity contribution in [3.63, 3.8) is 0 Å². The molecule has 7 nitrogen and oxygen atoms in total. The summed E-state index contributed by atoms with van der Waals surface area (Å²) in [7, 11) is 1.67. The SMILES string of the molecule is COCCOCCCCNc1ncnc2nc[nH]c12. The molecule has 19 heavy (non-hydrogen) atoms. The van der Waals surface area contributed by atoms with Crippen LogP contribution in [0.4, 0.5) is 5.82 Å². The number of ether oxygens (including phenoxy) is 2. The van der Waals surface area contributed by atoms with Crippen molar-refractivity contribution in [2.24, 2.45) is 0 Å². The first-order valence-corrected chi connectivity index (χ1v) is 6.36. The first-order valence-electron chi connectivity index (χ1n) is 6.36. The fourth-order valence-corrected chi connectivity index (χ4v) is 1.68. The quantitative estimate of drug-likeness (QED) is 0.663. The molecule has 7 heteroatoms. The lowest BCUT2D eigenvalue weighted by Crippen LogP contribution is -2.07. The highest BCUT2D eigenvalue weighted by atomic mass is 16.5. The predicted octanol–water partition coefficient (Wildman–Crippen LogP) is 1.21. The highest BCUT2D eigenvalue weighted by Gasteiger charge is 2.04. The summed E-state index contributed by atoms with van der Waals surface area (Å²) in [6.07, 6.45) is 5.16. The lowest BCUT2D eigenvalue weighted by Gasteiger charge is -2.06. The molecule has 2 rings (SSSR count). The Bertz CT molecular complexity index is 488.